The topological polar surface area (TPSA) is 22.1 Å². The Hall–Kier alpha value is -0.970. The van der Waals surface area contributed by atoms with E-state index < -0.39 is 0 Å². The predicted molar refractivity (Wildman–Crippen MR) is 95.4 cm³/mol. The molecule has 21 heavy (non-hydrogen) atoms. The quantitative estimate of drug-likeness (QED) is 0.846. The van der Waals surface area contributed by atoms with E-state index in [1.807, 2.05) is 0 Å². The van der Waals surface area contributed by atoms with Crippen molar-refractivity contribution < 1.29 is 0 Å². The number of aliphatic imine (C=N–C) groups is 1. The maximum atomic E-state index is 4.71. The number of rotatable bonds is 4. The van der Waals surface area contributed by atoms with Crippen molar-refractivity contribution in [2.75, 3.05) is 36.0 Å². The Morgan fingerprint density at radius 2 is 1.76 bits per heavy atom. The average molecular weight is 331 g/mol. The lowest BCUT2D eigenvalue weighted by Gasteiger charge is -2.35. The summed E-state index contributed by atoms with van der Waals surface area (Å²) >= 11 is 0. The van der Waals surface area contributed by atoms with E-state index in [2.05, 4.69) is 59.7 Å². The van der Waals surface area contributed by atoms with Crippen molar-refractivity contribution in [1.29, 1.82) is 0 Å². The molecule has 6 heteroatoms. The molecule has 4 nitrogen and oxygen atoms in total. The van der Waals surface area contributed by atoms with E-state index in [9.17, 15) is 0 Å². The molecule has 0 bridgehead atoms. The van der Waals surface area contributed by atoms with Gasteiger partial charge in [0, 0.05) is 6.54 Å². The molecule has 0 saturated carbocycles. The number of nitrogens with zero attached hydrogens (tertiary/aromatic N) is 4. The van der Waals surface area contributed by atoms with Crippen LogP contribution in [0, 0.1) is 0 Å². The number of hydrogen-bond donors (Lipinski definition) is 0. The predicted octanol–water partition coefficient (Wildman–Crippen LogP) is 3.21. The Labute approximate surface area is 139 Å². The molecule has 1 aromatic carbocycles. The van der Waals surface area contributed by atoms with Gasteiger partial charge in [-0.15, -0.1) is 24.8 Å². The number of halogens is 2. The zero-order valence-corrected chi connectivity index (χ0v) is 14.5. The van der Waals surface area contributed by atoms with Gasteiger partial charge in [-0.25, -0.2) is 0 Å². The molecule has 0 aliphatic carbocycles. The van der Waals surface area contributed by atoms with Crippen LogP contribution in [0.25, 0.3) is 0 Å². The van der Waals surface area contributed by atoms with Crippen molar-refractivity contribution in [2.24, 2.45) is 4.99 Å². The van der Waals surface area contributed by atoms with Crippen LogP contribution in [0.2, 0.25) is 0 Å². The summed E-state index contributed by atoms with van der Waals surface area (Å²) < 4.78 is 0. The van der Waals surface area contributed by atoms with E-state index in [4.69, 9.17) is 4.99 Å². The van der Waals surface area contributed by atoms with Gasteiger partial charge in [0.2, 0.25) is 5.96 Å². The van der Waals surface area contributed by atoms with Crippen LogP contribution in [0.1, 0.15) is 20.8 Å². The number of anilines is 2. The number of fused-ring (bicyclic) bond motifs is 3. The molecule has 2 aliphatic heterocycles. The lowest BCUT2D eigenvalue weighted by Crippen LogP contribution is -2.50. The smallest absolute Gasteiger partial charge is 0.207 e. The first-order chi connectivity index (χ1) is 9.27. The molecule has 0 fully saturated rings. The van der Waals surface area contributed by atoms with E-state index >= 15 is 0 Å². The first-order valence-electron chi connectivity index (χ1n) is 7.22. The SMILES string of the molecule is CCN(CC)C(C)N1C2=NCCN2c2ccccc21.Cl.Cl. The fourth-order valence-electron chi connectivity index (χ4n) is 3.16. The molecule has 2 heterocycles. The fourth-order valence-corrected chi connectivity index (χ4v) is 3.16. The number of hydrogen-bond acceptors (Lipinski definition) is 4. The van der Waals surface area contributed by atoms with Crippen LogP contribution in [0.5, 0.6) is 0 Å². The molecule has 0 spiro atoms. The van der Waals surface area contributed by atoms with Crippen LogP contribution in [0.4, 0.5) is 11.4 Å². The first kappa shape index (κ1) is 18.1. The summed E-state index contributed by atoms with van der Waals surface area (Å²) in [4.78, 5) is 11.9. The summed E-state index contributed by atoms with van der Waals surface area (Å²) in [5.41, 5.74) is 2.60. The first-order valence-corrected chi connectivity index (χ1v) is 7.22. The maximum Gasteiger partial charge on any atom is 0.207 e. The summed E-state index contributed by atoms with van der Waals surface area (Å²) in [6, 6.07) is 8.63. The van der Waals surface area contributed by atoms with Gasteiger partial charge >= 0.3 is 0 Å². The van der Waals surface area contributed by atoms with E-state index in [1.54, 1.807) is 0 Å². The van der Waals surface area contributed by atoms with Gasteiger partial charge in [0.15, 0.2) is 0 Å². The van der Waals surface area contributed by atoms with Crippen LogP contribution < -0.4 is 9.80 Å². The third-order valence-corrected chi connectivity index (χ3v) is 4.18. The molecular formula is C15H24Cl2N4. The van der Waals surface area contributed by atoms with E-state index in [1.165, 1.54) is 11.4 Å². The monoisotopic (exact) mass is 330 g/mol. The second-order valence-electron chi connectivity index (χ2n) is 5.05. The lowest BCUT2D eigenvalue weighted by molar-refractivity contribution is 0.238. The Kier molecular flexibility index (Phi) is 6.32. The molecule has 0 amide bonds. The normalized spacial score (nSPS) is 16.9. The molecule has 3 rings (SSSR count). The summed E-state index contributed by atoms with van der Waals surface area (Å²) in [6.45, 7) is 10.7. The second-order valence-corrected chi connectivity index (χ2v) is 5.05. The molecule has 0 radical (unpaired) electrons. The molecule has 1 unspecified atom stereocenters. The highest BCUT2D eigenvalue weighted by Gasteiger charge is 2.38. The van der Waals surface area contributed by atoms with Crippen LogP contribution >= 0.6 is 24.8 Å². The van der Waals surface area contributed by atoms with Crippen molar-refractivity contribution >= 4 is 42.1 Å². The highest BCUT2D eigenvalue weighted by molar-refractivity contribution is 6.17. The molecule has 0 saturated heterocycles. The fraction of sp³-hybridized carbons (Fsp3) is 0.533. The third-order valence-electron chi connectivity index (χ3n) is 4.18. The molecule has 1 aromatic rings. The third kappa shape index (κ3) is 2.85. The zero-order chi connectivity index (χ0) is 13.4. The molecular weight excluding hydrogens is 307 g/mol. The molecule has 0 N–H and O–H groups in total. The van der Waals surface area contributed by atoms with Crippen molar-refractivity contribution in [2.45, 2.75) is 26.9 Å². The van der Waals surface area contributed by atoms with Crippen LogP contribution in [-0.4, -0.2) is 43.2 Å². The van der Waals surface area contributed by atoms with Gasteiger partial charge in [0.25, 0.3) is 0 Å². The Morgan fingerprint density at radius 1 is 1.14 bits per heavy atom. The van der Waals surface area contributed by atoms with E-state index in [-0.39, 0.29) is 24.8 Å². The minimum atomic E-state index is 0. The van der Waals surface area contributed by atoms with Gasteiger partial charge in [-0.05, 0) is 32.1 Å². The minimum Gasteiger partial charge on any atom is -0.308 e. The van der Waals surface area contributed by atoms with Crippen LogP contribution in [0.15, 0.2) is 29.3 Å². The molecule has 0 aromatic heterocycles. The Balaban J connectivity index is 0.00000110. The summed E-state index contributed by atoms with van der Waals surface area (Å²) in [6.07, 6.45) is 0.345. The van der Waals surface area contributed by atoms with Gasteiger partial charge < -0.3 is 4.90 Å². The lowest BCUT2D eigenvalue weighted by atomic mass is 10.2. The van der Waals surface area contributed by atoms with Gasteiger partial charge in [-0.3, -0.25) is 14.8 Å². The van der Waals surface area contributed by atoms with Gasteiger partial charge in [-0.1, -0.05) is 26.0 Å². The number of benzene rings is 1. The van der Waals surface area contributed by atoms with E-state index in [0.717, 1.165) is 32.1 Å². The van der Waals surface area contributed by atoms with Crippen molar-refractivity contribution in [3.63, 3.8) is 0 Å². The summed E-state index contributed by atoms with van der Waals surface area (Å²) in [5, 5.41) is 0. The van der Waals surface area contributed by atoms with Crippen LogP contribution in [0.3, 0.4) is 0 Å². The average Bonchev–Trinajstić information content (AvgIpc) is 2.99. The zero-order valence-electron chi connectivity index (χ0n) is 12.8. The Morgan fingerprint density at radius 3 is 2.38 bits per heavy atom. The van der Waals surface area contributed by atoms with Crippen molar-refractivity contribution in [3.05, 3.63) is 24.3 Å². The van der Waals surface area contributed by atoms with Gasteiger partial charge in [-0.2, -0.15) is 0 Å². The minimum absolute atomic E-state index is 0. The second kappa shape index (κ2) is 7.34. The molecule has 2 aliphatic rings. The van der Waals surface area contributed by atoms with Gasteiger partial charge in [0.05, 0.1) is 24.1 Å². The molecule has 1 atom stereocenters. The highest BCUT2D eigenvalue weighted by atomic mass is 35.5. The number of para-hydroxylation sites is 2. The highest BCUT2D eigenvalue weighted by Crippen LogP contribution is 2.39. The van der Waals surface area contributed by atoms with Crippen molar-refractivity contribution in [3.8, 4) is 0 Å². The summed E-state index contributed by atoms with van der Waals surface area (Å²) in [5.74, 6) is 1.13. The standard InChI is InChI=1S/C15H22N4.2ClH/c1-4-17(5-2)12(3)19-14-9-7-6-8-13(14)18-11-10-16-15(18)19;;/h6-9,12H,4-5,10-11H2,1-3H3;2*1H. The van der Waals surface area contributed by atoms with Crippen molar-refractivity contribution in [1.82, 2.24) is 4.90 Å². The molecule has 118 valence electrons. The number of guanidine groups is 1. The van der Waals surface area contributed by atoms with E-state index in [0.29, 0.717) is 6.17 Å². The van der Waals surface area contributed by atoms with Gasteiger partial charge in [0.1, 0.15) is 0 Å². The largest absolute Gasteiger partial charge is 0.308 e. The van der Waals surface area contributed by atoms with Crippen LogP contribution in [-0.2, 0) is 0 Å². The maximum absolute atomic E-state index is 4.71. The Bertz CT molecular complexity index is 502. The summed E-state index contributed by atoms with van der Waals surface area (Å²) in [7, 11) is 0.